The second kappa shape index (κ2) is 10.3. The predicted octanol–water partition coefficient (Wildman–Crippen LogP) is 3.61. The molecule has 0 aliphatic rings. The minimum absolute atomic E-state index is 0.178. The van der Waals surface area contributed by atoms with Gasteiger partial charge in [0.15, 0.2) is 0 Å². The summed E-state index contributed by atoms with van der Waals surface area (Å²) in [7, 11) is 1.35. The molecule has 1 atom stereocenters. The largest absolute Gasteiger partial charge is 0.469 e. The number of hydrogen-bond acceptors (Lipinski definition) is 5. The lowest BCUT2D eigenvalue weighted by atomic mass is 10.1. The summed E-state index contributed by atoms with van der Waals surface area (Å²) in [5, 5.41) is 4.72. The molecular formula is C24H26N4O3. The highest BCUT2D eigenvalue weighted by atomic mass is 16.5. The lowest BCUT2D eigenvalue weighted by Crippen LogP contribution is -2.36. The van der Waals surface area contributed by atoms with Crippen LogP contribution in [0.1, 0.15) is 19.4 Å². The lowest BCUT2D eigenvalue weighted by Gasteiger charge is -2.22. The Bertz CT molecular complexity index is 1050. The number of hydrogen-bond donors (Lipinski definition) is 0. The van der Waals surface area contributed by atoms with E-state index in [1.54, 1.807) is 35.0 Å². The van der Waals surface area contributed by atoms with Gasteiger partial charge in [0.25, 0.3) is 0 Å². The number of aromatic nitrogens is 3. The van der Waals surface area contributed by atoms with E-state index in [2.05, 4.69) is 4.98 Å². The van der Waals surface area contributed by atoms with E-state index in [0.717, 1.165) is 22.5 Å². The number of methoxy groups -OCH3 is 1. The van der Waals surface area contributed by atoms with Gasteiger partial charge in [0.1, 0.15) is 5.69 Å². The third-order valence-corrected chi connectivity index (χ3v) is 4.89. The van der Waals surface area contributed by atoms with E-state index in [4.69, 9.17) is 9.84 Å². The molecule has 3 rings (SSSR count). The van der Waals surface area contributed by atoms with Crippen molar-refractivity contribution in [1.29, 1.82) is 0 Å². The number of para-hydroxylation sites is 1. The Hall–Kier alpha value is -3.74. The topological polar surface area (TPSA) is 77.3 Å². The molecule has 0 radical (unpaired) electrons. The molecule has 31 heavy (non-hydrogen) atoms. The van der Waals surface area contributed by atoms with Crippen molar-refractivity contribution in [3.63, 3.8) is 0 Å². The Morgan fingerprint density at radius 2 is 1.97 bits per heavy atom. The number of carbonyl (C=O) groups is 2. The van der Waals surface area contributed by atoms with Crippen LogP contribution < -0.4 is 0 Å². The van der Waals surface area contributed by atoms with Crippen molar-refractivity contribution in [2.75, 3.05) is 20.2 Å². The number of pyridine rings is 1. The van der Waals surface area contributed by atoms with Crippen molar-refractivity contribution >= 4 is 18.0 Å². The maximum atomic E-state index is 12.8. The molecule has 0 saturated heterocycles. The first-order valence-electron chi connectivity index (χ1n) is 10.1. The highest BCUT2D eigenvalue weighted by Gasteiger charge is 2.19. The van der Waals surface area contributed by atoms with E-state index in [9.17, 15) is 9.59 Å². The summed E-state index contributed by atoms with van der Waals surface area (Å²) in [4.78, 5) is 30.3. The number of amides is 1. The number of likely N-dealkylation sites (N-methyl/N-ethyl adjacent to an activating group) is 1. The molecule has 0 N–H and O–H groups in total. The molecule has 0 bridgehead atoms. The molecule has 0 spiro atoms. The predicted molar refractivity (Wildman–Crippen MR) is 119 cm³/mol. The van der Waals surface area contributed by atoms with Gasteiger partial charge in [-0.3, -0.25) is 14.6 Å². The number of benzene rings is 1. The molecule has 7 nitrogen and oxygen atoms in total. The summed E-state index contributed by atoms with van der Waals surface area (Å²) in [5.74, 6) is -0.907. The van der Waals surface area contributed by atoms with E-state index in [-0.39, 0.29) is 11.9 Å². The van der Waals surface area contributed by atoms with E-state index in [0.29, 0.717) is 13.1 Å². The van der Waals surface area contributed by atoms with Crippen molar-refractivity contribution in [2.24, 2.45) is 5.92 Å². The third kappa shape index (κ3) is 5.45. The molecule has 3 aromatic rings. The zero-order valence-corrected chi connectivity index (χ0v) is 17.9. The summed E-state index contributed by atoms with van der Waals surface area (Å²) >= 11 is 0. The zero-order chi connectivity index (χ0) is 22.2. The SMILES string of the molecule is CCN(CC(C)C(=O)OC)C(=O)/C=C/c1cn(-c2ccccc2)nc1-c1cccnc1. The Balaban J connectivity index is 1.88. The van der Waals surface area contributed by atoms with Gasteiger partial charge in [-0.15, -0.1) is 0 Å². The molecule has 1 amide bonds. The molecule has 0 aliphatic heterocycles. The molecule has 2 heterocycles. The first kappa shape index (κ1) is 22.0. The van der Waals surface area contributed by atoms with Crippen LogP contribution in [0.4, 0.5) is 0 Å². The molecule has 7 heteroatoms. The molecule has 0 saturated carbocycles. The van der Waals surface area contributed by atoms with E-state index < -0.39 is 5.92 Å². The van der Waals surface area contributed by atoms with Gasteiger partial charge in [-0.2, -0.15) is 5.10 Å². The second-order valence-electron chi connectivity index (χ2n) is 7.09. The smallest absolute Gasteiger partial charge is 0.310 e. The fraction of sp³-hybridized carbons (Fsp3) is 0.250. The molecule has 0 aliphatic carbocycles. The quantitative estimate of drug-likeness (QED) is 0.413. The first-order valence-corrected chi connectivity index (χ1v) is 10.1. The number of nitrogens with zero attached hydrogens (tertiary/aromatic N) is 4. The number of rotatable bonds is 8. The summed E-state index contributed by atoms with van der Waals surface area (Å²) in [6.45, 7) is 4.41. The van der Waals surface area contributed by atoms with Crippen LogP contribution in [0.2, 0.25) is 0 Å². The number of esters is 1. The highest BCUT2D eigenvalue weighted by molar-refractivity contribution is 5.93. The average molecular weight is 418 g/mol. The van der Waals surface area contributed by atoms with E-state index >= 15 is 0 Å². The van der Waals surface area contributed by atoms with Gasteiger partial charge >= 0.3 is 5.97 Å². The Kier molecular flexibility index (Phi) is 7.32. The summed E-state index contributed by atoms with van der Waals surface area (Å²) in [6, 6.07) is 13.5. The molecule has 160 valence electrons. The van der Waals surface area contributed by atoms with Crippen molar-refractivity contribution in [3.8, 4) is 16.9 Å². The van der Waals surface area contributed by atoms with Crippen LogP contribution in [0.3, 0.4) is 0 Å². The van der Waals surface area contributed by atoms with Gasteiger partial charge in [-0.25, -0.2) is 4.68 Å². The second-order valence-corrected chi connectivity index (χ2v) is 7.09. The van der Waals surface area contributed by atoms with Crippen LogP contribution in [0, 0.1) is 5.92 Å². The molecule has 1 aromatic carbocycles. The first-order chi connectivity index (χ1) is 15.0. The van der Waals surface area contributed by atoms with Crippen molar-refractivity contribution < 1.29 is 14.3 Å². The van der Waals surface area contributed by atoms with Gasteiger partial charge in [0.2, 0.25) is 5.91 Å². The van der Waals surface area contributed by atoms with Crippen LogP contribution in [0.15, 0.2) is 67.1 Å². The normalized spacial score (nSPS) is 12.0. The van der Waals surface area contributed by atoms with Crippen molar-refractivity contribution in [2.45, 2.75) is 13.8 Å². The molecular weight excluding hydrogens is 392 g/mol. The van der Waals surface area contributed by atoms with Gasteiger partial charge in [-0.05, 0) is 37.3 Å². The lowest BCUT2D eigenvalue weighted by molar-refractivity contribution is -0.146. The van der Waals surface area contributed by atoms with Crippen molar-refractivity contribution in [3.05, 3.63) is 72.7 Å². The fourth-order valence-electron chi connectivity index (χ4n) is 3.20. The Morgan fingerprint density at radius 1 is 1.19 bits per heavy atom. The van der Waals surface area contributed by atoms with Crippen molar-refractivity contribution in [1.82, 2.24) is 19.7 Å². The standard InChI is InChI=1S/C24H26N4O3/c1-4-27(16-18(2)24(30)31-3)22(29)13-12-20-17-28(21-10-6-5-7-11-21)26-23(20)19-9-8-14-25-15-19/h5-15,17-18H,4,16H2,1-3H3/b13-12+. The van der Waals surface area contributed by atoms with Crippen LogP contribution >= 0.6 is 0 Å². The van der Waals surface area contributed by atoms with Crippen LogP contribution in [-0.4, -0.2) is 51.7 Å². The summed E-state index contributed by atoms with van der Waals surface area (Å²) < 4.78 is 6.55. The fourth-order valence-corrected chi connectivity index (χ4v) is 3.20. The summed E-state index contributed by atoms with van der Waals surface area (Å²) in [5.41, 5.74) is 3.30. The monoisotopic (exact) mass is 418 g/mol. The minimum atomic E-state index is -0.394. The minimum Gasteiger partial charge on any atom is -0.469 e. The van der Waals surface area contributed by atoms with Gasteiger partial charge in [0.05, 0.1) is 18.7 Å². The van der Waals surface area contributed by atoms with E-state index in [1.807, 2.05) is 55.6 Å². The Labute approximate surface area is 182 Å². The average Bonchev–Trinajstić information content (AvgIpc) is 3.25. The maximum absolute atomic E-state index is 12.8. The molecule has 1 unspecified atom stereocenters. The van der Waals surface area contributed by atoms with Crippen LogP contribution in [0.5, 0.6) is 0 Å². The highest BCUT2D eigenvalue weighted by Crippen LogP contribution is 2.24. The molecule has 0 fully saturated rings. The summed E-state index contributed by atoms with van der Waals surface area (Å²) in [6.07, 6.45) is 8.60. The van der Waals surface area contributed by atoms with Crippen LogP contribution in [0.25, 0.3) is 23.0 Å². The number of carbonyl (C=O) groups excluding carboxylic acids is 2. The van der Waals surface area contributed by atoms with Crippen LogP contribution in [-0.2, 0) is 14.3 Å². The third-order valence-electron chi connectivity index (χ3n) is 4.89. The zero-order valence-electron chi connectivity index (χ0n) is 17.9. The molecule has 2 aromatic heterocycles. The van der Waals surface area contributed by atoms with E-state index in [1.165, 1.54) is 13.2 Å². The Morgan fingerprint density at radius 3 is 2.61 bits per heavy atom. The van der Waals surface area contributed by atoms with Gasteiger partial charge < -0.3 is 9.64 Å². The number of ether oxygens (including phenoxy) is 1. The van der Waals surface area contributed by atoms with Gasteiger partial charge in [0, 0.05) is 48.9 Å². The maximum Gasteiger partial charge on any atom is 0.310 e. The van der Waals surface area contributed by atoms with Gasteiger partial charge in [-0.1, -0.05) is 25.1 Å².